The van der Waals surface area contributed by atoms with Crippen molar-refractivity contribution in [2.75, 3.05) is 0 Å². The van der Waals surface area contributed by atoms with Crippen molar-refractivity contribution in [3.8, 4) is 0 Å². The molecule has 0 bridgehead atoms. The van der Waals surface area contributed by atoms with E-state index in [0.717, 1.165) is 0 Å². The summed E-state index contributed by atoms with van der Waals surface area (Å²) in [4.78, 5) is 11.9. The Hall–Kier alpha value is -0.620. The fourth-order valence-corrected chi connectivity index (χ4v) is 5.24. The molecule has 4 aliphatic rings. The van der Waals surface area contributed by atoms with Gasteiger partial charge in [-0.05, 0) is 26.7 Å². The Kier molecular flexibility index (Phi) is 2.43. The number of aliphatic hydroxyl groups is 2. The Labute approximate surface area is 127 Å². The minimum Gasteiger partial charge on any atom is -0.458 e. The Bertz CT molecular complexity index is 556. The van der Waals surface area contributed by atoms with Crippen LogP contribution in [0.15, 0.2) is 12.2 Å². The molecule has 2 aliphatic heterocycles. The van der Waals surface area contributed by atoms with Gasteiger partial charge in [0.1, 0.15) is 17.8 Å². The van der Waals surface area contributed by atoms with E-state index in [2.05, 4.69) is 6.58 Å². The van der Waals surface area contributed by atoms with E-state index in [9.17, 15) is 15.0 Å². The number of epoxide rings is 1. The third kappa shape index (κ3) is 1.37. The quantitative estimate of drug-likeness (QED) is 0.299. The van der Waals surface area contributed by atoms with Gasteiger partial charge in [-0.25, -0.2) is 4.79 Å². The number of ether oxygens (including phenoxy) is 2. The number of hydrogen-bond donors (Lipinski definition) is 2. The lowest BCUT2D eigenvalue weighted by Gasteiger charge is -2.40. The van der Waals surface area contributed by atoms with Gasteiger partial charge in [-0.3, -0.25) is 0 Å². The zero-order chi connectivity index (χ0) is 15.4. The molecular weight excluding hydrogens is 296 g/mol. The fraction of sp³-hybridized carbons (Fsp3) is 0.800. The summed E-state index contributed by atoms with van der Waals surface area (Å²) in [6.07, 6.45) is 0.0825. The van der Waals surface area contributed by atoms with Crippen LogP contribution in [0.5, 0.6) is 0 Å². The van der Waals surface area contributed by atoms with E-state index in [1.165, 1.54) is 0 Å². The predicted octanol–water partition coefficient (Wildman–Crippen LogP) is 0.755. The van der Waals surface area contributed by atoms with Gasteiger partial charge in [0.15, 0.2) is 0 Å². The number of hydrogen-bond acceptors (Lipinski definition) is 5. The Balaban J connectivity index is 1.87. The van der Waals surface area contributed by atoms with Gasteiger partial charge in [0, 0.05) is 11.5 Å². The van der Waals surface area contributed by atoms with Gasteiger partial charge in [-0.2, -0.15) is 0 Å². The maximum Gasteiger partial charge on any atom is 0.334 e. The number of esters is 1. The van der Waals surface area contributed by atoms with Crippen LogP contribution in [0, 0.1) is 11.8 Å². The molecule has 1 spiro atoms. The van der Waals surface area contributed by atoms with Crippen LogP contribution < -0.4 is 0 Å². The average molecular weight is 315 g/mol. The minimum absolute atomic E-state index is 0.202. The predicted molar refractivity (Wildman–Crippen MR) is 73.7 cm³/mol. The molecule has 2 aliphatic carbocycles. The van der Waals surface area contributed by atoms with Crippen LogP contribution >= 0.6 is 11.6 Å². The van der Waals surface area contributed by atoms with Crippen molar-refractivity contribution in [1.82, 2.24) is 0 Å². The van der Waals surface area contributed by atoms with Crippen molar-refractivity contribution in [2.24, 2.45) is 11.8 Å². The molecule has 4 fully saturated rings. The summed E-state index contributed by atoms with van der Waals surface area (Å²) >= 11 is 6.36. The van der Waals surface area contributed by atoms with E-state index in [1.807, 2.05) is 0 Å². The van der Waals surface area contributed by atoms with E-state index >= 15 is 0 Å². The molecule has 4 rings (SSSR count). The first-order valence-electron chi connectivity index (χ1n) is 7.31. The summed E-state index contributed by atoms with van der Waals surface area (Å²) in [6, 6.07) is 0. The highest BCUT2D eigenvalue weighted by molar-refractivity contribution is 6.22. The summed E-state index contributed by atoms with van der Waals surface area (Å²) in [6.45, 7) is 7.17. The van der Waals surface area contributed by atoms with Gasteiger partial charge >= 0.3 is 5.97 Å². The standard InChI is InChI=1S/C15H19ClO5/c1-6-7-4-5-13(2,18)15-9(8(7)20-12(6)17)14(3,19)10(16)11(15)21-15/h7-11,18-19H,1,4-5H2,2-3H3/t7-,8-,9-,10-,11-,13-,14-,15+/m0/s1. The van der Waals surface area contributed by atoms with E-state index in [0.29, 0.717) is 18.4 Å². The van der Waals surface area contributed by atoms with Crippen LogP contribution in [-0.2, 0) is 14.3 Å². The molecule has 116 valence electrons. The maximum atomic E-state index is 11.9. The molecular formula is C15H19ClO5. The first-order valence-corrected chi connectivity index (χ1v) is 7.74. The third-order valence-electron chi connectivity index (χ3n) is 6.07. The smallest absolute Gasteiger partial charge is 0.334 e. The highest BCUT2D eigenvalue weighted by Gasteiger charge is 2.85. The van der Waals surface area contributed by atoms with Crippen LogP contribution in [0.3, 0.4) is 0 Å². The molecule has 5 nitrogen and oxygen atoms in total. The molecule has 0 radical (unpaired) electrons. The van der Waals surface area contributed by atoms with Crippen LogP contribution in [0.2, 0.25) is 0 Å². The van der Waals surface area contributed by atoms with Crippen molar-refractivity contribution in [1.29, 1.82) is 0 Å². The molecule has 0 aromatic carbocycles. The summed E-state index contributed by atoms with van der Waals surface area (Å²) in [5.74, 6) is -1.18. The molecule has 0 unspecified atom stereocenters. The second kappa shape index (κ2) is 3.65. The number of rotatable bonds is 0. The van der Waals surface area contributed by atoms with Crippen LogP contribution in [0.4, 0.5) is 0 Å². The van der Waals surface area contributed by atoms with Gasteiger partial charge in [-0.1, -0.05) is 6.58 Å². The molecule has 2 N–H and O–H groups in total. The van der Waals surface area contributed by atoms with Crippen molar-refractivity contribution in [3.05, 3.63) is 12.2 Å². The summed E-state index contributed by atoms with van der Waals surface area (Å²) in [5, 5.41) is 21.2. The summed E-state index contributed by atoms with van der Waals surface area (Å²) in [7, 11) is 0. The van der Waals surface area contributed by atoms with Gasteiger partial charge in [0.25, 0.3) is 0 Å². The van der Waals surface area contributed by atoms with E-state index in [4.69, 9.17) is 21.1 Å². The largest absolute Gasteiger partial charge is 0.458 e. The lowest BCUT2D eigenvalue weighted by Crippen LogP contribution is -2.56. The molecule has 21 heavy (non-hydrogen) atoms. The lowest BCUT2D eigenvalue weighted by atomic mass is 9.73. The van der Waals surface area contributed by atoms with Crippen LogP contribution in [0.25, 0.3) is 0 Å². The second-order valence-electron chi connectivity index (χ2n) is 7.25. The Morgan fingerprint density at radius 2 is 2.05 bits per heavy atom. The zero-order valence-corrected chi connectivity index (χ0v) is 12.8. The van der Waals surface area contributed by atoms with Crippen molar-refractivity contribution in [2.45, 2.75) is 61.1 Å². The SMILES string of the molecule is C=C1C(=O)O[C@H]2[C@H]1CC[C@](C)(O)[C@]13O[C@H]1[C@H](Cl)[C@@](C)(O)[C@H]23. The van der Waals surface area contributed by atoms with Gasteiger partial charge in [-0.15, -0.1) is 11.6 Å². The van der Waals surface area contributed by atoms with E-state index < -0.39 is 46.3 Å². The summed E-state index contributed by atoms with van der Waals surface area (Å²) < 4.78 is 11.3. The Morgan fingerprint density at radius 3 is 2.71 bits per heavy atom. The highest BCUT2D eigenvalue weighted by Crippen LogP contribution is 2.69. The first-order chi connectivity index (χ1) is 9.64. The van der Waals surface area contributed by atoms with Gasteiger partial charge in [0.05, 0.1) is 22.5 Å². The fourth-order valence-electron chi connectivity index (χ4n) is 4.86. The molecule has 2 heterocycles. The topological polar surface area (TPSA) is 79.3 Å². The van der Waals surface area contributed by atoms with Crippen molar-refractivity contribution >= 4 is 17.6 Å². The highest BCUT2D eigenvalue weighted by atomic mass is 35.5. The van der Waals surface area contributed by atoms with Crippen molar-refractivity contribution in [3.63, 3.8) is 0 Å². The van der Waals surface area contributed by atoms with Crippen LogP contribution in [0.1, 0.15) is 26.7 Å². The molecule has 0 amide bonds. The third-order valence-corrected chi connectivity index (χ3v) is 6.74. The van der Waals surface area contributed by atoms with E-state index in [-0.39, 0.29) is 5.92 Å². The molecule has 2 saturated heterocycles. The normalized spacial score (nSPS) is 61.7. The van der Waals surface area contributed by atoms with Crippen LogP contribution in [-0.4, -0.2) is 50.6 Å². The number of carbonyl (C=O) groups is 1. The molecule has 8 atom stereocenters. The first kappa shape index (κ1) is 14.0. The molecule has 6 heteroatoms. The molecule has 0 aromatic heterocycles. The number of fused-ring (bicyclic) bond motifs is 2. The maximum absolute atomic E-state index is 11.9. The molecule has 2 saturated carbocycles. The Morgan fingerprint density at radius 1 is 1.38 bits per heavy atom. The minimum atomic E-state index is -1.27. The van der Waals surface area contributed by atoms with Gasteiger partial charge < -0.3 is 19.7 Å². The van der Waals surface area contributed by atoms with E-state index in [1.54, 1.807) is 13.8 Å². The van der Waals surface area contributed by atoms with Gasteiger partial charge in [0.2, 0.25) is 0 Å². The van der Waals surface area contributed by atoms with Crippen molar-refractivity contribution < 1.29 is 24.5 Å². The number of alkyl halides is 1. The molecule has 0 aromatic rings. The average Bonchev–Trinajstić information content (AvgIpc) is 3.03. The monoisotopic (exact) mass is 314 g/mol. The zero-order valence-electron chi connectivity index (χ0n) is 12.0. The number of halogens is 1. The number of carbonyl (C=O) groups excluding carboxylic acids is 1. The summed E-state index contributed by atoms with van der Waals surface area (Å²) in [5.41, 5.74) is -2.91. The second-order valence-corrected chi connectivity index (χ2v) is 7.72. The lowest BCUT2D eigenvalue weighted by molar-refractivity contribution is -0.159.